The summed E-state index contributed by atoms with van der Waals surface area (Å²) in [5.74, 6) is -1.50. The molecule has 0 spiro atoms. The molecule has 1 unspecified atom stereocenters. The average Bonchev–Trinajstić information content (AvgIpc) is 2.15. The Morgan fingerprint density at radius 3 is 2.44 bits per heavy atom. The number of nitrogens with zero attached hydrogens (tertiary/aromatic N) is 1. The van der Waals surface area contributed by atoms with Gasteiger partial charge in [-0.15, -0.1) is 0 Å². The highest BCUT2D eigenvalue weighted by molar-refractivity contribution is 5.76. The summed E-state index contributed by atoms with van der Waals surface area (Å²) in [5, 5.41) is 28.8. The van der Waals surface area contributed by atoms with Crippen molar-refractivity contribution < 1.29 is 19.9 Å². The lowest BCUT2D eigenvalue weighted by atomic mass is 9.99. The van der Waals surface area contributed by atoms with Crippen molar-refractivity contribution in [3.63, 3.8) is 0 Å². The number of nitro benzene ring substituents is 1. The molecule has 16 heavy (non-hydrogen) atoms. The molecule has 0 saturated heterocycles. The van der Waals surface area contributed by atoms with Gasteiger partial charge in [0.15, 0.2) is 6.10 Å². The number of rotatable bonds is 3. The van der Waals surface area contributed by atoms with Crippen LogP contribution in [0, 0.1) is 24.0 Å². The first kappa shape index (κ1) is 12.1. The Morgan fingerprint density at radius 2 is 2.00 bits per heavy atom. The molecule has 6 nitrogen and oxygen atoms in total. The molecule has 0 radical (unpaired) electrons. The van der Waals surface area contributed by atoms with E-state index < -0.39 is 17.0 Å². The Hall–Kier alpha value is -1.95. The van der Waals surface area contributed by atoms with Crippen molar-refractivity contribution in [1.29, 1.82) is 0 Å². The second-order valence-corrected chi connectivity index (χ2v) is 3.51. The topological polar surface area (TPSA) is 101 Å². The number of aliphatic carboxylic acids is 1. The summed E-state index contributed by atoms with van der Waals surface area (Å²) in [6.45, 7) is 3.19. The second-order valence-electron chi connectivity index (χ2n) is 3.51. The van der Waals surface area contributed by atoms with Crippen LogP contribution in [-0.4, -0.2) is 21.1 Å². The van der Waals surface area contributed by atoms with E-state index in [-0.39, 0.29) is 11.3 Å². The first-order chi connectivity index (χ1) is 7.34. The lowest BCUT2D eigenvalue weighted by molar-refractivity contribution is -0.386. The number of hydrogen-bond acceptors (Lipinski definition) is 4. The number of benzene rings is 1. The molecule has 0 heterocycles. The monoisotopic (exact) mass is 225 g/mol. The number of aliphatic hydroxyl groups is 1. The van der Waals surface area contributed by atoms with Crippen molar-refractivity contribution in [2.45, 2.75) is 20.0 Å². The minimum absolute atomic E-state index is 0.164. The first-order valence-corrected chi connectivity index (χ1v) is 4.51. The molecule has 86 valence electrons. The quantitative estimate of drug-likeness (QED) is 0.597. The van der Waals surface area contributed by atoms with Crippen LogP contribution in [0.2, 0.25) is 0 Å². The van der Waals surface area contributed by atoms with E-state index in [0.29, 0.717) is 11.1 Å². The fraction of sp³-hybridized carbons (Fsp3) is 0.300. The highest BCUT2D eigenvalue weighted by Crippen LogP contribution is 2.29. The molecule has 2 N–H and O–H groups in total. The van der Waals surface area contributed by atoms with Crippen molar-refractivity contribution in [1.82, 2.24) is 0 Å². The van der Waals surface area contributed by atoms with Gasteiger partial charge in [0.05, 0.1) is 10.5 Å². The molecule has 0 aliphatic carbocycles. The van der Waals surface area contributed by atoms with Crippen LogP contribution in [0.4, 0.5) is 5.69 Å². The average molecular weight is 225 g/mol. The molecular weight excluding hydrogens is 214 g/mol. The van der Waals surface area contributed by atoms with Crippen LogP contribution in [-0.2, 0) is 4.79 Å². The SMILES string of the molecule is Cc1cc(C)c(C(O)C(=O)O)c([N+](=O)[O-])c1. The standard InChI is InChI=1S/C10H11NO5/c1-5-3-6(2)8(9(12)10(13)14)7(4-5)11(15)16/h3-4,9,12H,1-2H3,(H,13,14). The van der Waals surface area contributed by atoms with E-state index >= 15 is 0 Å². The fourth-order valence-corrected chi connectivity index (χ4v) is 1.59. The van der Waals surface area contributed by atoms with E-state index in [1.807, 2.05) is 0 Å². The summed E-state index contributed by atoms with van der Waals surface area (Å²) in [6, 6.07) is 2.84. The van der Waals surface area contributed by atoms with Crippen molar-refractivity contribution in [3.05, 3.63) is 38.9 Å². The molecule has 0 fully saturated rings. The van der Waals surface area contributed by atoms with Crippen LogP contribution in [0.25, 0.3) is 0 Å². The van der Waals surface area contributed by atoms with Gasteiger partial charge in [-0.2, -0.15) is 0 Å². The van der Waals surface area contributed by atoms with E-state index in [1.165, 1.54) is 13.0 Å². The Morgan fingerprint density at radius 1 is 1.44 bits per heavy atom. The zero-order chi connectivity index (χ0) is 12.5. The highest BCUT2D eigenvalue weighted by atomic mass is 16.6. The van der Waals surface area contributed by atoms with Gasteiger partial charge in [0.2, 0.25) is 0 Å². The number of carboxylic acids is 1. The number of hydrogen-bond donors (Lipinski definition) is 2. The third kappa shape index (κ3) is 2.17. The van der Waals surface area contributed by atoms with Gasteiger partial charge in [0.1, 0.15) is 0 Å². The molecule has 0 aliphatic rings. The summed E-state index contributed by atoms with van der Waals surface area (Å²) in [6.07, 6.45) is -1.87. The van der Waals surface area contributed by atoms with Crippen molar-refractivity contribution in [2.75, 3.05) is 0 Å². The van der Waals surface area contributed by atoms with Crippen molar-refractivity contribution in [3.8, 4) is 0 Å². The van der Waals surface area contributed by atoms with E-state index in [1.54, 1.807) is 13.0 Å². The number of nitro groups is 1. The van der Waals surface area contributed by atoms with Crippen LogP contribution >= 0.6 is 0 Å². The summed E-state index contributed by atoms with van der Waals surface area (Å²) in [5.41, 5.74) is 0.502. The van der Waals surface area contributed by atoms with Crippen LogP contribution in [0.5, 0.6) is 0 Å². The van der Waals surface area contributed by atoms with Crippen molar-refractivity contribution >= 4 is 11.7 Å². The molecule has 0 amide bonds. The highest BCUT2D eigenvalue weighted by Gasteiger charge is 2.27. The molecule has 6 heteroatoms. The molecule has 1 aromatic rings. The van der Waals surface area contributed by atoms with Gasteiger partial charge in [-0.1, -0.05) is 6.07 Å². The smallest absolute Gasteiger partial charge is 0.337 e. The second kappa shape index (κ2) is 4.28. The minimum Gasteiger partial charge on any atom is -0.479 e. The zero-order valence-electron chi connectivity index (χ0n) is 8.80. The predicted octanol–water partition coefficient (Wildman–Crippen LogP) is 1.33. The molecule has 0 aromatic heterocycles. The zero-order valence-corrected chi connectivity index (χ0v) is 8.80. The normalized spacial score (nSPS) is 12.2. The third-order valence-electron chi connectivity index (χ3n) is 2.21. The molecular formula is C10H11NO5. The van der Waals surface area contributed by atoms with Crippen molar-refractivity contribution in [2.24, 2.45) is 0 Å². The summed E-state index contributed by atoms with van der Waals surface area (Å²) in [7, 11) is 0. The van der Waals surface area contributed by atoms with E-state index in [0.717, 1.165) is 0 Å². The van der Waals surface area contributed by atoms with E-state index in [9.17, 15) is 20.0 Å². The molecule has 0 bridgehead atoms. The largest absolute Gasteiger partial charge is 0.479 e. The Balaban J connectivity index is 3.46. The number of aliphatic hydroxyl groups excluding tert-OH is 1. The van der Waals surface area contributed by atoms with Gasteiger partial charge in [-0.25, -0.2) is 4.79 Å². The molecule has 0 aliphatic heterocycles. The van der Waals surface area contributed by atoms with Gasteiger partial charge in [0.25, 0.3) is 5.69 Å². The van der Waals surface area contributed by atoms with Gasteiger partial charge in [-0.05, 0) is 25.0 Å². The van der Waals surface area contributed by atoms with Crippen LogP contribution in [0.3, 0.4) is 0 Å². The number of aryl methyl sites for hydroxylation is 2. The lowest BCUT2D eigenvalue weighted by Gasteiger charge is -2.10. The first-order valence-electron chi connectivity index (χ1n) is 4.51. The van der Waals surface area contributed by atoms with Crippen LogP contribution in [0.15, 0.2) is 12.1 Å². The molecule has 1 aromatic carbocycles. The maximum atomic E-state index is 10.8. The van der Waals surface area contributed by atoms with Gasteiger partial charge >= 0.3 is 5.97 Å². The maximum absolute atomic E-state index is 10.8. The van der Waals surface area contributed by atoms with Crippen LogP contribution in [0.1, 0.15) is 22.8 Å². The van der Waals surface area contributed by atoms with Gasteiger partial charge < -0.3 is 10.2 Å². The van der Waals surface area contributed by atoms with Gasteiger partial charge in [-0.3, -0.25) is 10.1 Å². The summed E-state index contributed by atoms with van der Waals surface area (Å²) in [4.78, 5) is 20.7. The Labute approximate surface area is 91.3 Å². The summed E-state index contributed by atoms with van der Waals surface area (Å²) >= 11 is 0. The van der Waals surface area contributed by atoms with E-state index in [2.05, 4.69) is 0 Å². The third-order valence-corrected chi connectivity index (χ3v) is 2.21. The molecule has 0 saturated carbocycles. The van der Waals surface area contributed by atoms with Crippen LogP contribution < -0.4 is 0 Å². The Bertz CT molecular complexity index is 455. The maximum Gasteiger partial charge on any atom is 0.337 e. The summed E-state index contributed by atoms with van der Waals surface area (Å²) < 4.78 is 0. The number of carbonyl (C=O) groups is 1. The lowest BCUT2D eigenvalue weighted by Crippen LogP contribution is -2.14. The number of carboxylic acid groups (broad SMARTS) is 1. The van der Waals surface area contributed by atoms with Gasteiger partial charge in [0, 0.05) is 6.07 Å². The molecule has 1 rings (SSSR count). The van der Waals surface area contributed by atoms with E-state index in [4.69, 9.17) is 5.11 Å². The minimum atomic E-state index is -1.87. The molecule has 1 atom stereocenters. The predicted molar refractivity (Wildman–Crippen MR) is 55.2 cm³/mol. The Kier molecular flexibility index (Phi) is 3.24. The fourth-order valence-electron chi connectivity index (χ4n) is 1.59.